The largest absolute Gasteiger partial charge is 0.363 e. The number of alkyl halides is 2. The van der Waals surface area contributed by atoms with E-state index >= 15 is 0 Å². The molecule has 3 heterocycles. The maximum atomic E-state index is 14.6. The van der Waals surface area contributed by atoms with Crippen molar-refractivity contribution in [2.75, 3.05) is 17.6 Å². The number of hydrogen-bond donors (Lipinski definition) is 1. The van der Waals surface area contributed by atoms with Gasteiger partial charge in [0, 0.05) is 23.3 Å². The molecule has 5 nitrogen and oxygen atoms in total. The van der Waals surface area contributed by atoms with Gasteiger partial charge < -0.3 is 9.88 Å². The van der Waals surface area contributed by atoms with E-state index in [0.29, 0.717) is 40.3 Å². The molecular weight excluding hydrogens is 412 g/mol. The Bertz CT molecular complexity index is 1140. The van der Waals surface area contributed by atoms with Crippen LogP contribution in [0.4, 0.5) is 19.0 Å². The van der Waals surface area contributed by atoms with Crippen LogP contribution in [0, 0.1) is 12.7 Å². The quantitative estimate of drug-likeness (QED) is 0.547. The summed E-state index contributed by atoms with van der Waals surface area (Å²) in [5.74, 6) is -0.0114. The van der Waals surface area contributed by atoms with Gasteiger partial charge in [-0.05, 0) is 32.8 Å². The number of hydrogen-bond acceptors (Lipinski definition) is 5. The highest BCUT2D eigenvalue weighted by Gasteiger charge is 2.31. The maximum absolute atomic E-state index is 14.6. The fourth-order valence-corrected chi connectivity index (χ4v) is 6.68. The van der Waals surface area contributed by atoms with Gasteiger partial charge in [0.25, 0.3) is 6.43 Å². The molecule has 0 aliphatic carbocycles. The predicted octanol–water partition coefficient (Wildman–Crippen LogP) is 5.37. The first-order valence-electron chi connectivity index (χ1n) is 9.84. The number of nitrogens with zero attached hydrogens (tertiary/aromatic N) is 3. The van der Waals surface area contributed by atoms with E-state index < -0.39 is 31.0 Å². The molecular formula is C21H22F3N4OP. The average Bonchev–Trinajstić information content (AvgIpc) is 3.15. The van der Waals surface area contributed by atoms with E-state index in [9.17, 15) is 17.7 Å². The van der Waals surface area contributed by atoms with Gasteiger partial charge in [-0.2, -0.15) is 0 Å². The molecule has 2 aromatic heterocycles. The first kappa shape index (κ1) is 20.8. The molecule has 1 aromatic carbocycles. The van der Waals surface area contributed by atoms with Crippen molar-refractivity contribution in [3.63, 3.8) is 0 Å². The van der Waals surface area contributed by atoms with Crippen LogP contribution in [0.3, 0.4) is 0 Å². The van der Waals surface area contributed by atoms with Crippen LogP contribution in [0.1, 0.15) is 49.2 Å². The second-order valence-electron chi connectivity index (χ2n) is 7.64. The summed E-state index contributed by atoms with van der Waals surface area (Å²) < 4.78 is 53.9. The van der Waals surface area contributed by atoms with Crippen molar-refractivity contribution in [1.82, 2.24) is 15.0 Å². The first-order chi connectivity index (χ1) is 14.3. The molecule has 1 atom stereocenters. The van der Waals surface area contributed by atoms with Crippen molar-refractivity contribution in [2.24, 2.45) is 0 Å². The summed E-state index contributed by atoms with van der Waals surface area (Å²) in [7, 11) is -2.51. The van der Waals surface area contributed by atoms with E-state index in [4.69, 9.17) is 0 Å². The summed E-state index contributed by atoms with van der Waals surface area (Å²) >= 11 is 0. The number of pyridine rings is 1. The summed E-state index contributed by atoms with van der Waals surface area (Å²) in [4.78, 5) is 13.2. The van der Waals surface area contributed by atoms with Crippen molar-refractivity contribution >= 4 is 29.3 Å². The van der Waals surface area contributed by atoms with Gasteiger partial charge in [0.1, 0.15) is 30.0 Å². The van der Waals surface area contributed by atoms with Gasteiger partial charge in [0.05, 0.1) is 23.3 Å². The lowest BCUT2D eigenvalue weighted by atomic mass is 10.0. The topological polar surface area (TPSA) is 67.8 Å². The van der Waals surface area contributed by atoms with Crippen LogP contribution in [0.15, 0.2) is 30.5 Å². The fraction of sp³-hybridized carbons (Fsp3) is 0.381. The molecule has 0 bridgehead atoms. The normalized spacial score (nSPS) is 16.9. The third-order valence-corrected chi connectivity index (χ3v) is 8.66. The van der Waals surface area contributed by atoms with Crippen LogP contribution >= 0.6 is 7.14 Å². The second-order valence-corrected chi connectivity index (χ2v) is 10.8. The zero-order valence-electron chi connectivity index (χ0n) is 16.7. The maximum Gasteiger partial charge on any atom is 0.266 e. The lowest BCUT2D eigenvalue weighted by Crippen LogP contribution is -2.15. The molecule has 1 fully saturated rings. The Morgan fingerprint density at radius 3 is 2.53 bits per heavy atom. The highest BCUT2D eigenvalue weighted by molar-refractivity contribution is 7.71. The number of fused-ring (bicyclic) bond motifs is 1. The zero-order chi connectivity index (χ0) is 21.5. The Labute approximate surface area is 172 Å². The Morgan fingerprint density at radius 1 is 1.13 bits per heavy atom. The Balaban J connectivity index is 1.75. The van der Waals surface area contributed by atoms with E-state index in [1.54, 1.807) is 26.1 Å². The van der Waals surface area contributed by atoms with E-state index in [-0.39, 0.29) is 5.56 Å². The molecule has 0 unspecified atom stereocenters. The van der Waals surface area contributed by atoms with E-state index in [1.807, 2.05) is 0 Å². The predicted molar refractivity (Wildman–Crippen MR) is 112 cm³/mol. The first-order valence-corrected chi connectivity index (χ1v) is 11.9. The summed E-state index contributed by atoms with van der Waals surface area (Å²) in [5.41, 5.74) is 0.626. The van der Waals surface area contributed by atoms with Crippen LogP contribution in [-0.4, -0.2) is 27.3 Å². The molecule has 158 valence electrons. The van der Waals surface area contributed by atoms with Crippen molar-refractivity contribution in [3.8, 4) is 0 Å². The molecule has 4 rings (SSSR count). The van der Waals surface area contributed by atoms with E-state index in [2.05, 4.69) is 20.3 Å². The van der Waals surface area contributed by atoms with Gasteiger partial charge in [-0.25, -0.2) is 23.1 Å². The zero-order valence-corrected chi connectivity index (χ0v) is 17.6. The smallest absolute Gasteiger partial charge is 0.266 e. The summed E-state index contributed by atoms with van der Waals surface area (Å²) in [6, 6.07) is 5.09. The van der Waals surface area contributed by atoms with Gasteiger partial charge in [0.15, 0.2) is 0 Å². The van der Waals surface area contributed by atoms with Crippen LogP contribution in [0.5, 0.6) is 0 Å². The standard InChI is InChI=1S/C21H22F3N4OP/c1-12(14-6-5-7-15(19(14)22)20(23)24)26-21-16-10-18(30(29)8-3-4-9-30)25-11-17(16)27-13(2)28-21/h5-7,10-12,20H,3-4,8-9H2,1-2H3,(H,26,27,28)/t12-/m1/s1. The number of anilines is 1. The third kappa shape index (κ3) is 3.81. The summed E-state index contributed by atoms with van der Waals surface area (Å²) in [5, 5.41) is 3.76. The van der Waals surface area contributed by atoms with E-state index in [0.717, 1.165) is 18.9 Å². The van der Waals surface area contributed by atoms with E-state index in [1.165, 1.54) is 12.1 Å². The molecule has 30 heavy (non-hydrogen) atoms. The van der Waals surface area contributed by atoms with Crippen molar-refractivity contribution in [3.05, 3.63) is 53.2 Å². The molecule has 3 aromatic rings. The lowest BCUT2D eigenvalue weighted by molar-refractivity contribution is 0.146. The van der Waals surface area contributed by atoms with Crippen LogP contribution in [-0.2, 0) is 4.57 Å². The van der Waals surface area contributed by atoms with Gasteiger partial charge in [-0.1, -0.05) is 18.2 Å². The van der Waals surface area contributed by atoms with Crippen LogP contribution in [0.2, 0.25) is 0 Å². The molecule has 0 radical (unpaired) electrons. The van der Waals surface area contributed by atoms with Crippen LogP contribution < -0.4 is 10.8 Å². The molecule has 1 saturated heterocycles. The second kappa shape index (κ2) is 7.99. The molecule has 1 N–H and O–H groups in total. The van der Waals surface area contributed by atoms with Crippen molar-refractivity contribution in [1.29, 1.82) is 0 Å². The summed E-state index contributed by atoms with van der Waals surface area (Å²) in [6.45, 7) is 3.40. The van der Waals surface area contributed by atoms with Gasteiger partial charge >= 0.3 is 0 Å². The third-order valence-electron chi connectivity index (χ3n) is 5.50. The van der Waals surface area contributed by atoms with Gasteiger partial charge in [-0.3, -0.25) is 4.98 Å². The highest BCUT2D eigenvalue weighted by atomic mass is 31.2. The fourth-order valence-electron chi connectivity index (χ4n) is 3.90. The molecule has 0 spiro atoms. The van der Waals surface area contributed by atoms with Crippen molar-refractivity contribution < 1.29 is 17.7 Å². The monoisotopic (exact) mass is 434 g/mol. The van der Waals surface area contributed by atoms with Gasteiger partial charge in [-0.15, -0.1) is 0 Å². The average molecular weight is 434 g/mol. The Morgan fingerprint density at radius 2 is 1.83 bits per heavy atom. The molecule has 1 aliphatic heterocycles. The lowest BCUT2D eigenvalue weighted by Gasteiger charge is -2.19. The van der Waals surface area contributed by atoms with Crippen molar-refractivity contribution in [2.45, 2.75) is 39.2 Å². The number of aromatic nitrogens is 3. The minimum Gasteiger partial charge on any atom is -0.363 e. The summed E-state index contributed by atoms with van der Waals surface area (Å²) in [6.07, 6.45) is 1.82. The molecule has 0 amide bonds. The number of halogens is 3. The SMILES string of the molecule is Cc1nc(N[C@H](C)c2cccc(C(F)F)c2F)c2cc(P3(=O)CCCC3)ncc2n1. The minimum absolute atomic E-state index is 0.120. The highest BCUT2D eigenvalue weighted by Crippen LogP contribution is 2.50. The molecule has 1 aliphatic rings. The molecule has 9 heteroatoms. The van der Waals surface area contributed by atoms with Gasteiger partial charge in [0.2, 0.25) is 0 Å². The number of rotatable bonds is 5. The molecule has 0 saturated carbocycles. The minimum atomic E-state index is -2.89. The number of benzene rings is 1. The Kier molecular flexibility index (Phi) is 5.53. The number of nitrogens with one attached hydrogen (secondary N) is 1. The Hall–Kier alpha value is -2.47. The number of aryl methyl sites for hydroxylation is 1. The van der Waals surface area contributed by atoms with Crippen LogP contribution in [0.25, 0.3) is 10.9 Å².